The number of carbonyl (C=O) groups excluding carboxylic acids is 1. The minimum atomic E-state index is -0.193. The Balaban J connectivity index is 1.96. The molecule has 1 aromatic heterocycles. The lowest BCUT2D eigenvalue weighted by molar-refractivity contribution is 0.0779. The lowest BCUT2D eigenvalue weighted by Gasteiger charge is -2.16. The maximum Gasteiger partial charge on any atom is 0.294 e. The van der Waals surface area contributed by atoms with E-state index in [-0.39, 0.29) is 11.7 Å². The molecule has 0 spiro atoms. The highest BCUT2D eigenvalue weighted by Crippen LogP contribution is 2.39. The van der Waals surface area contributed by atoms with Crippen LogP contribution < -0.4 is 0 Å². The molecule has 3 rings (SSSR count). The predicted molar refractivity (Wildman–Crippen MR) is 89.6 cm³/mol. The van der Waals surface area contributed by atoms with Gasteiger partial charge in [0.25, 0.3) is 5.91 Å². The van der Waals surface area contributed by atoms with Crippen molar-refractivity contribution in [3.05, 3.63) is 67.3 Å². The average Bonchev–Trinajstić information content (AvgIpc) is 3.33. The van der Waals surface area contributed by atoms with E-state index in [2.05, 4.69) is 23.2 Å². The smallest absolute Gasteiger partial charge is 0.294 e. The van der Waals surface area contributed by atoms with Gasteiger partial charge in [0.05, 0.1) is 5.69 Å². The van der Waals surface area contributed by atoms with Crippen LogP contribution in [0.4, 0.5) is 0 Å². The second-order valence-electron chi connectivity index (χ2n) is 5.60. The lowest BCUT2D eigenvalue weighted by atomic mass is 10.3. The van der Waals surface area contributed by atoms with E-state index < -0.39 is 0 Å². The van der Waals surface area contributed by atoms with Crippen LogP contribution in [0, 0.1) is 0 Å². The number of rotatable bonds is 7. The molecule has 0 saturated heterocycles. The standard InChI is InChI=1S/C18H20N4O/c1-3-12-21(13-4-2)18(23)16-19-17(14-10-11-14)22(20-16)15-8-6-5-7-9-15/h3-9,14H,1-2,10-13H2. The third-order valence-electron chi connectivity index (χ3n) is 3.75. The van der Waals surface area contributed by atoms with Gasteiger partial charge in [-0.1, -0.05) is 30.4 Å². The van der Waals surface area contributed by atoms with Gasteiger partial charge in [-0.05, 0) is 25.0 Å². The topological polar surface area (TPSA) is 51.0 Å². The van der Waals surface area contributed by atoms with Crippen molar-refractivity contribution >= 4 is 5.91 Å². The molecule has 5 heteroatoms. The number of hydrogen-bond donors (Lipinski definition) is 0. The van der Waals surface area contributed by atoms with Crippen molar-refractivity contribution in [3.63, 3.8) is 0 Å². The van der Waals surface area contributed by atoms with Gasteiger partial charge >= 0.3 is 0 Å². The first-order valence-electron chi connectivity index (χ1n) is 7.78. The first-order valence-corrected chi connectivity index (χ1v) is 7.78. The molecule has 1 saturated carbocycles. The minimum Gasteiger partial charge on any atom is -0.328 e. The zero-order valence-corrected chi connectivity index (χ0v) is 13.1. The fourth-order valence-corrected chi connectivity index (χ4v) is 2.47. The molecule has 1 aliphatic carbocycles. The van der Waals surface area contributed by atoms with Gasteiger partial charge in [-0.15, -0.1) is 18.3 Å². The Morgan fingerprint density at radius 2 is 1.87 bits per heavy atom. The van der Waals surface area contributed by atoms with E-state index in [1.807, 2.05) is 30.3 Å². The summed E-state index contributed by atoms with van der Waals surface area (Å²) in [4.78, 5) is 18.8. The predicted octanol–water partition coefficient (Wildman–Crippen LogP) is 2.96. The molecule has 1 aliphatic rings. The SMILES string of the molecule is C=CCN(CC=C)C(=O)c1nc(C2CC2)n(-c2ccccc2)n1. The zero-order chi connectivity index (χ0) is 16.2. The van der Waals surface area contributed by atoms with Gasteiger partial charge in [-0.3, -0.25) is 4.79 Å². The van der Waals surface area contributed by atoms with Crippen LogP contribution >= 0.6 is 0 Å². The summed E-state index contributed by atoms with van der Waals surface area (Å²) in [7, 11) is 0. The summed E-state index contributed by atoms with van der Waals surface area (Å²) >= 11 is 0. The van der Waals surface area contributed by atoms with Gasteiger partial charge in [0.2, 0.25) is 5.82 Å². The second kappa shape index (κ2) is 6.60. The Kier molecular flexibility index (Phi) is 4.37. The van der Waals surface area contributed by atoms with E-state index in [0.717, 1.165) is 24.4 Å². The highest BCUT2D eigenvalue weighted by molar-refractivity contribution is 5.90. The Morgan fingerprint density at radius 1 is 1.22 bits per heavy atom. The lowest BCUT2D eigenvalue weighted by Crippen LogP contribution is -2.32. The normalized spacial score (nSPS) is 13.6. The van der Waals surface area contributed by atoms with Gasteiger partial charge in [0.15, 0.2) is 0 Å². The fourth-order valence-electron chi connectivity index (χ4n) is 2.47. The Morgan fingerprint density at radius 3 is 2.43 bits per heavy atom. The Bertz CT molecular complexity index is 706. The summed E-state index contributed by atoms with van der Waals surface area (Å²) in [6, 6.07) is 9.81. The van der Waals surface area contributed by atoms with Crippen LogP contribution in [0.5, 0.6) is 0 Å². The van der Waals surface area contributed by atoms with Crippen molar-refractivity contribution in [2.75, 3.05) is 13.1 Å². The largest absolute Gasteiger partial charge is 0.328 e. The molecule has 0 atom stereocenters. The Hall–Kier alpha value is -2.69. The zero-order valence-electron chi connectivity index (χ0n) is 13.1. The first-order chi connectivity index (χ1) is 11.2. The van der Waals surface area contributed by atoms with Gasteiger partial charge in [0, 0.05) is 19.0 Å². The number of nitrogens with zero attached hydrogens (tertiary/aromatic N) is 4. The molecule has 0 radical (unpaired) electrons. The maximum absolute atomic E-state index is 12.7. The third-order valence-corrected chi connectivity index (χ3v) is 3.75. The highest BCUT2D eigenvalue weighted by atomic mass is 16.2. The summed E-state index contributed by atoms with van der Waals surface area (Å²) in [6.45, 7) is 8.28. The monoisotopic (exact) mass is 308 g/mol. The van der Waals surface area contributed by atoms with E-state index in [0.29, 0.717) is 19.0 Å². The second-order valence-corrected chi connectivity index (χ2v) is 5.60. The molecule has 1 amide bonds. The van der Waals surface area contributed by atoms with Crippen LogP contribution in [0.25, 0.3) is 5.69 Å². The number of hydrogen-bond acceptors (Lipinski definition) is 3. The van der Waals surface area contributed by atoms with Crippen molar-refractivity contribution in [1.29, 1.82) is 0 Å². The molecular weight excluding hydrogens is 288 g/mol. The first kappa shape index (κ1) is 15.2. The van der Waals surface area contributed by atoms with Gasteiger partial charge in [0.1, 0.15) is 5.82 Å². The van der Waals surface area contributed by atoms with Crippen molar-refractivity contribution in [3.8, 4) is 5.69 Å². The average molecular weight is 308 g/mol. The van der Waals surface area contributed by atoms with Crippen molar-refractivity contribution < 1.29 is 4.79 Å². The number of amides is 1. The van der Waals surface area contributed by atoms with Gasteiger partial charge < -0.3 is 4.90 Å². The van der Waals surface area contributed by atoms with Gasteiger partial charge in [-0.2, -0.15) is 0 Å². The van der Waals surface area contributed by atoms with E-state index in [9.17, 15) is 4.79 Å². The summed E-state index contributed by atoms with van der Waals surface area (Å²) in [5.41, 5.74) is 0.931. The van der Waals surface area contributed by atoms with Crippen molar-refractivity contribution in [2.45, 2.75) is 18.8 Å². The number of benzene rings is 1. The summed E-state index contributed by atoms with van der Waals surface area (Å²) in [6.07, 6.45) is 5.58. The quantitative estimate of drug-likeness (QED) is 0.739. The molecule has 0 N–H and O–H groups in total. The summed E-state index contributed by atoms with van der Waals surface area (Å²) in [5, 5.41) is 4.47. The molecule has 0 aliphatic heterocycles. The van der Waals surface area contributed by atoms with Crippen LogP contribution in [-0.2, 0) is 0 Å². The number of carbonyl (C=O) groups is 1. The van der Waals surface area contributed by atoms with Gasteiger partial charge in [-0.25, -0.2) is 9.67 Å². The third kappa shape index (κ3) is 3.23. The van der Waals surface area contributed by atoms with Crippen molar-refractivity contribution in [1.82, 2.24) is 19.7 Å². The maximum atomic E-state index is 12.7. The van der Waals surface area contributed by atoms with E-state index in [1.54, 1.807) is 21.7 Å². The van der Waals surface area contributed by atoms with E-state index in [4.69, 9.17) is 0 Å². The van der Waals surface area contributed by atoms with Crippen LogP contribution in [0.15, 0.2) is 55.6 Å². The highest BCUT2D eigenvalue weighted by Gasteiger charge is 2.32. The molecular formula is C18H20N4O. The molecule has 1 heterocycles. The van der Waals surface area contributed by atoms with E-state index >= 15 is 0 Å². The summed E-state index contributed by atoms with van der Waals surface area (Å²) in [5.74, 6) is 1.31. The van der Waals surface area contributed by atoms with Crippen LogP contribution in [0.2, 0.25) is 0 Å². The number of aromatic nitrogens is 3. The number of para-hydroxylation sites is 1. The Labute approximate surface area is 136 Å². The van der Waals surface area contributed by atoms with Crippen LogP contribution in [0.3, 0.4) is 0 Å². The molecule has 118 valence electrons. The molecule has 1 fully saturated rings. The molecule has 5 nitrogen and oxygen atoms in total. The molecule has 1 aromatic carbocycles. The van der Waals surface area contributed by atoms with Crippen LogP contribution in [0.1, 0.15) is 35.2 Å². The van der Waals surface area contributed by atoms with E-state index in [1.165, 1.54) is 0 Å². The molecule has 0 unspecified atom stereocenters. The van der Waals surface area contributed by atoms with Crippen molar-refractivity contribution in [2.24, 2.45) is 0 Å². The molecule has 0 bridgehead atoms. The van der Waals surface area contributed by atoms with Crippen LogP contribution in [-0.4, -0.2) is 38.7 Å². The summed E-state index contributed by atoms with van der Waals surface area (Å²) < 4.78 is 1.80. The minimum absolute atomic E-state index is 0.193. The molecule has 23 heavy (non-hydrogen) atoms. The fraction of sp³-hybridized carbons (Fsp3) is 0.278. The molecule has 2 aromatic rings.